The quantitative estimate of drug-likeness (QED) is 0.766. The molecule has 1 saturated heterocycles. The molecule has 150 valence electrons. The van der Waals surface area contributed by atoms with E-state index in [-0.39, 0.29) is 17.9 Å². The zero-order valence-corrected chi connectivity index (χ0v) is 14.5. The minimum Gasteiger partial charge on any atom is -0.378 e. The lowest BCUT2D eigenvalue weighted by molar-refractivity contribution is -0.140. The summed E-state index contributed by atoms with van der Waals surface area (Å²) < 4.78 is 56.8. The van der Waals surface area contributed by atoms with E-state index in [4.69, 9.17) is 4.74 Å². The van der Waals surface area contributed by atoms with Crippen LogP contribution in [0.5, 0.6) is 0 Å². The number of hydrogen-bond donors (Lipinski definition) is 2. The molecule has 1 aromatic heterocycles. The second kappa shape index (κ2) is 7.97. The predicted octanol–water partition coefficient (Wildman–Crippen LogP) is 1.95. The van der Waals surface area contributed by atoms with Gasteiger partial charge in [0.05, 0.1) is 25.2 Å². The van der Waals surface area contributed by atoms with E-state index in [1.807, 2.05) is 4.90 Å². The fourth-order valence-corrected chi connectivity index (χ4v) is 2.71. The highest BCUT2D eigenvalue weighted by Gasteiger charge is 2.34. The van der Waals surface area contributed by atoms with Crippen LogP contribution in [0.2, 0.25) is 0 Å². The molecule has 2 N–H and O–H groups in total. The lowest BCUT2D eigenvalue weighted by Crippen LogP contribution is -2.37. The second-order valence-corrected chi connectivity index (χ2v) is 6.07. The number of halogens is 4. The Bertz CT molecular complexity index is 923. The van der Waals surface area contributed by atoms with Gasteiger partial charge in [-0.2, -0.15) is 13.2 Å². The van der Waals surface area contributed by atoms with Gasteiger partial charge in [-0.15, -0.1) is 0 Å². The first-order valence-corrected chi connectivity index (χ1v) is 8.32. The predicted molar refractivity (Wildman–Crippen MR) is 91.6 cm³/mol. The smallest absolute Gasteiger partial charge is 0.378 e. The van der Waals surface area contributed by atoms with Crippen LogP contribution < -0.4 is 15.8 Å². The molecule has 3 rings (SSSR count). The topological polar surface area (TPSA) is 87.3 Å². The number of benzene rings is 1. The van der Waals surface area contributed by atoms with Gasteiger partial charge in [0.2, 0.25) is 5.91 Å². The molecule has 28 heavy (non-hydrogen) atoms. The van der Waals surface area contributed by atoms with Gasteiger partial charge in [-0.25, -0.2) is 9.37 Å². The fourth-order valence-electron chi connectivity index (χ4n) is 2.71. The Morgan fingerprint density at radius 3 is 2.64 bits per heavy atom. The number of nitrogens with zero attached hydrogens (tertiary/aromatic N) is 2. The summed E-state index contributed by atoms with van der Waals surface area (Å²) in [6.07, 6.45) is -5.25. The molecule has 0 aliphatic carbocycles. The summed E-state index contributed by atoms with van der Waals surface area (Å²) in [5, 5.41) is 2.25. The summed E-state index contributed by atoms with van der Waals surface area (Å²) in [4.78, 5) is 32.5. The van der Waals surface area contributed by atoms with Gasteiger partial charge in [0.25, 0.3) is 5.56 Å². The number of rotatable bonds is 4. The Morgan fingerprint density at radius 2 is 1.96 bits per heavy atom. The van der Waals surface area contributed by atoms with Gasteiger partial charge in [0.15, 0.2) is 0 Å². The van der Waals surface area contributed by atoms with Gasteiger partial charge in [-0.1, -0.05) is 0 Å². The molecule has 1 aliphatic heterocycles. The molecule has 11 heteroatoms. The number of nitrogens with one attached hydrogen (secondary N) is 2. The zero-order chi connectivity index (χ0) is 20.3. The summed E-state index contributed by atoms with van der Waals surface area (Å²) in [5.74, 6) is -1.70. The number of carbonyl (C=O) groups is 1. The van der Waals surface area contributed by atoms with Crippen molar-refractivity contribution in [3.05, 3.63) is 51.8 Å². The van der Waals surface area contributed by atoms with Gasteiger partial charge in [0.1, 0.15) is 17.5 Å². The molecule has 0 atom stereocenters. The van der Waals surface area contributed by atoms with Crippen LogP contribution in [0.4, 0.5) is 29.1 Å². The minimum absolute atomic E-state index is 0.0599. The van der Waals surface area contributed by atoms with Crippen molar-refractivity contribution in [3.8, 4) is 0 Å². The first-order chi connectivity index (χ1) is 13.2. The van der Waals surface area contributed by atoms with E-state index in [1.165, 1.54) is 6.07 Å². The van der Waals surface area contributed by atoms with Crippen molar-refractivity contribution in [3.63, 3.8) is 0 Å². The average molecular weight is 400 g/mol. The molecule has 0 saturated carbocycles. The van der Waals surface area contributed by atoms with Crippen LogP contribution in [-0.4, -0.2) is 42.2 Å². The van der Waals surface area contributed by atoms with E-state index in [1.54, 1.807) is 0 Å². The third-order valence-corrected chi connectivity index (χ3v) is 4.00. The van der Waals surface area contributed by atoms with Crippen molar-refractivity contribution in [1.82, 2.24) is 9.97 Å². The van der Waals surface area contributed by atoms with Crippen molar-refractivity contribution >= 4 is 17.4 Å². The SMILES string of the molecule is O=C(Cc1nc(N2CCOCC2)cc(=O)[nH]1)Nc1ccc(F)c(C(F)(F)F)c1. The van der Waals surface area contributed by atoms with E-state index in [2.05, 4.69) is 15.3 Å². The molecule has 0 bridgehead atoms. The largest absolute Gasteiger partial charge is 0.419 e. The summed E-state index contributed by atoms with van der Waals surface area (Å²) >= 11 is 0. The molecule has 2 heterocycles. The van der Waals surface area contributed by atoms with E-state index in [9.17, 15) is 27.2 Å². The number of amides is 1. The molecule has 0 radical (unpaired) electrons. The normalized spacial score (nSPS) is 14.8. The molecule has 1 aromatic carbocycles. The Kier molecular flexibility index (Phi) is 5.63. The Balaban J connectivity index is 1.73. The molecular formula is C17H16F4N4O3. The highest BCUT2D eigenvalue weighted by atomic mass is 19.4. The third kappa shape index (κ3) is 4.85. The summed E-state index contributed by atoms with van der Waals surface area (Å²) in [7, 11) is 0. The van der Waals surface area contributed by atoms with E-state index in [0.29, 0.717) is 44.3 Å². The van der Waals surface area contributed by atoms with Gasteiger partial charge in [0, 0.05) is 24.8 Å². The van der Waals surface area contributed by atoms with Crippen molar-refractivity contribution in [2.75, 3.05) is 36.5 Å². The van der Waals surface area contributed by atoms with Crippen LogP contribution in [0, 0.1) is 5.82 Å². The van der Waals surface area contributed by atoms with Gasteiger partial charge in [-0.3, -0.25) is 9.59 Å². The second-order valence-electron chi connectivity index (χ2n) is 6.07. The van der Waals surface area contributed by atoms with Gasteiger partial charge >= 0.3 is 6.18 Å². The maximum atomic E-state index is 13.3. The molecule has 7 nitrogen and oxygen atoms in total. The van der Waals surface area contributed by atoms with Crippen LogP contribution >= 0.6 is 0 Å². The summed E-state index contributed by atoms with van der Waals surface area (Å²) in [5.41, 5.74) is -2.16. The third-order valence-electron chi connectivity index (χ3n) is 4.00. The highest BCUT2D eigenvalue weighted by molar-refractivity contribution is 5.91. The first kappa shape index (κ1) is 19.8. The molecule has 1 fully saturated rings. The first-order valence-electron chi connectivity index (χ1n) is 8.32. The molecule has 0 unspecified atom stereocenters. The van der Waals surface area contributed by atoms with Crippen molar-refractivity contribution in [1.29, 1.82) is 0 Å². The molecule has 1 aliphatic rings. The number of morpholine rings is 1. The number of aromatic amines is 1. The standard InChI is InChI=1S/C17H16F4N4O3/c18-12-2-1-10(7-11(12)17(19,20)21)22-15(26)8-13-23-14(9-16(27)24-13)25-3-5-28-6-4-25/h1-2,7,9H,3-6,8H2,(H,22,26)(H,23,24,27). The lowest BCUT2D eigenvalue weighted by atomic mass is 10.1. The van der Waals surface area contributed by atoms with Crippen LogP contribution in [0.15, 0.2) is 29.1 Å². The number of anilines is 2. The molecule has 0 spiro atoms. The van der Waals surface area contributed by atoms with Crippen LogP contribution in [-0.2, 0) is 22.1 Å². The number of alkyl halides is 3. The number of hydrogen-bond acceptors (Lipinski definition) is 5. The maximum absolute atomic E-state index is 13.3. The Morgan fingerprint density at radius 1 is 1.25 bits per heavy atom. The number of carbonyl (C=O) groups excluding carboxylic acids is 1. The fraction of sp³-hybridized carbons (Fsp3) is 0.353. The molecule has 1 amide bonds. The van der Waals surface area contributed by atoms with E-state index in [0.717, 1.165) is 6.07 Å². The minimum atomic E-state index is -4.88. The number of H-pyrrole nitrogens is 1. The lowest BCUT2D eigenvalue weighted by Gasteiger charge is -2.27. The van der Waals surface area contributed by atoms with E-state index < -0.39 is 29.0 Å². The number of aromatic nitrogens is 2. The highest BCUT2D eigenvalue weighted by Crippen LogP contribution is 2.33. The Labute approximate surface area is 156 Å². The van der Waals surface area contributed by atoms with Gasteiger partial charge in [-0.05, 0) is 18.2 Å². The van der Waals surface area contributed by atoms with E-state index >= 15 is 0 Å². The van der Waals surface area contributed by atoms with Crippen LogP contribution in [0.1, 0.15) is 11.4 Å². The average Bonchev–Trinajstić information content (AvgIpc) is 2.62. The zero-order valence-electron chi connectivity index (χ0n) is 14.5. The maximum Gasteiger partial charge on any atom is 0.419 e. The van der Waals surface area contributed by atoms with Gasteiger partial charge < -0.3 is 19.9 Å². The monoisotopic (exact) mass is 400 g/mol. The number of ether oxygens (including phenoxy) is 1. The summed E-state index contributed by atoms with van der Waals surface area (Å²) in [6.45, 7) is 2.04. The Hall–Kier alpha value is -2.95. The summed E-state index contributed by atoms with van der Waals surface area (Å²) in [6, 6.07) is 3.44. The van der Waals surface area contributed by atoms with Crippen molar-refractivity contribution < 1.29 is 27.1 Å². The van der Waals surface area contributed by atoms with Crippen molar-refractivity contribution in [2.24, 2.45) is 0 Å². The molecule has 2 aromatic rings. The van der Waals surface area contributed by atoms with Crippen LogP contribution in [0.25, 0.3) is 0 Å². The van der Waals surface area contributed by atoms with Crippen molar-refractivity contribution in [2.45, 2.75) is 12.6 Å². The van der Waals surface area contributed by atoms with Crippen LogP contribution in [0.3, 0.4) is 0 Å². The molecular weight excluding hydrogens is 384 g/mol.